The van der Waals surface area contributed by atoms with E-state index in [1.807, 2.05) is 43.3 Å². The molecule has 0 fully saturated rings. The first kappa shape index (κ1) is 20.6. The van der Waals surface area contributed by atoms with Crippen molar-refractivity contribution < 1.29 is 18.8 Å². The standard InChI is InChI=1S/C25H24N2O4/c1-15-22-20(28)12-7-13-21(22)31-23(15)25(30)26-16(2)18-10-6-11-19(14-18)27-24(29)17-8-4-3-5-9-17/h3-6,8-11,14,16H,7,12-13H2,1-2H3,(H,26,30)(H,27,29)/t16-/m1/s1. The van der Waals surface area contributed by atoms with Crippen molar-refractivity contribution in [3.63, 3.8) is 0 Å². The predicted molar refractivity (Wildman–Crippen MR) is 117 cm³/mol. The summed E-state index contributed by atoms with van der Waals surface area (Å²) in [6.07, 6.45) is 1.91. The maximum absolute atomic E-state index is 12.8. The Morgan fingerprint density at radius 2 is 1.77 bits per heavy atom. The summed E-state index contributed by atoms with van der Waals surface area (Å²) in [5.41, 5.74) is 3.22. The number of Topliss-reactive ketones (excluding diaryl/α,β-unsaturated/α-hetero) is 1. The first-order chi connectivity index (χ1) is 14.9. The Kier molecular flexibility index (Phi) is 5.71. The second-order valence-corrected chi connectivity index (χ2v) is 7.77. The van der Waals surface area contributed by atoms with Crippen molar-refractivity contribution in [3.8, 4) is 0 Å². The number of rotatable bonds is 5. The van der Waals surface area contributed by atoms with Crippen LogP contribution in [-0.2, 0) is 6.42 Å². The maximum Gasteiger partial charge on any atom is 0.287 e. The molecule has 2 amide bonds. The van der Waals surface area contributed by atoms with Crippen molar-refractivity contribution in [2.75, 3.05) is 5.32 Å². The largest absolute Gasteiger partial charge is 0.455 e. The minimum atomic E-state index is -0.356. The number of benzene rings is 2. The molecular weight excluding hydrogens is 392 g/mol. The number of ketones is 1. The number of hydrogen-bond donors (Lipinski definition) is 2. The molecule has 1 aliphatic rings. The van der Waals surface area contributed by atoms with Gasteiger partial charge in [0.15, 0.2) is 11.5 Å². The number of carbonyl (C=O) groups excluding carboxylic acids is 3. The highest BCUT2D eigenvalue weighted by Gasteiger charge is 2.29. The minimum absolute atomic E-state index is 0.0384. The summed E-state index contributed by atoms with van der Waals surface area (Å²) >= 11 is 0. The van der Waals surface area contributed by atoms with Crippen LogP contribution in [0.4, 0.5) is 5.69 Å². The molecule has 1 atom stereocenters. The molecule has 0 spiro atoms. The van der Waals surface area contributed by atoms with E-state index in [1.165, 1.54) is 0 Å². The maximum atomic E-state index is 12.8. The summed E-state index contributed by atoms with van der Waals surface area (Å²) in [6.45, 7) is 3.62. The molecule has 6 nitrogen and oxygen atoms in total. The monoisotopic (exact) mass is 416 g/mol. The number of anilines is 1. The van der Waals surface area contributed by atoms with E-state index in [2.05, 4.69) is 10.6 Å². The molecule has 0 saturated heterocycles. The van der Waals surface area contributed by atoms with Gasteiger partial charge in [0.1, 0.15) is 5.76 Å². The highest BCUT2D eigenvalue weighted by atomic mass is 16.4. The Hall–Kier alpha value is -3.67. The van der Waals surface area contributed by atoms with Gasteiger partial charge >= 0.3 is 0 Å². The van der Waals surface area contributed by atoms with Crippen LogP contribution in [0.15, 0.2) is 59.0 Å². The Morgan fingerprint density at radius 3 is 2.52 bits per heavy atom. The van der Waals surface area contributed by atoms with Gasteiger partial charge < -0.3 is 15.1 Å². The number of nitrogens with one attached hydrogen (secondary N) is 2. The number of hydrogen-bond acceptors (Lipinski definition) is 4. The van der Waals surface area contributed by atoms with E-state index in [9.17, 15) is 14.4 Å². The van der Waals surface area contributed by atoms with Crippen molar-refractivity contribution in [1.29, 1.82) is 0 Å². The molecule has 1 heterocycles. The first-order valence-electron chi connectivity index (χ1n) is 10.4. The lowest BCUT2D eigenvalue weighted by Crippen LogP contribution is -2.27. The fraction of sp³-hybridized carbons (Fsp3) is 0.240. The van der Waals surface area contributed by atoms with Gasteiger partial charge in [0, 0.05) is 29.7 Å². The molecule has 2 aromatic carbocycles. The van der Waals surface area contributed by atoms with Gasteiger partial charge in [0.25, 0.3) is 11.8 Å². The van der Waals surface area contributed by atoms with E-state index in [0.29, 0.717) is 41.0 Å². The SMILES string of the molecule is Cc1c(C(=O)N[C@H](C)c2cccc(NC(=O)c3ccccc3)c2)oc2c1C(=O)CCC2. The molecular formula is C25H24N2O4. The van der Waals surface area contributed by atoms with Gasteiger partial charge in [0.05, 0.1) is 11.6 Å². The molecule has 0 radical (unpaired) electrons. The molecule has 1 aromatic heterocycles. The molecule has 158 valence electrons. The normalized spacial score (nSPS) is 13.9. The van der Waals surface area contributed by atoms with Crippen LogP contribution in [0.5, 0.6) is 0 Å². The summed E-state index contributed by atoms with van der Waals surface area (Å²) < 4.78 is 5.74. The van der Waals surface area contributed by atoms with E-state index < -0.39 is 0 Å². The molecule has 4 rings (SSSR count). The second-order valence-electron chi connectivity index (χ2n) is 7.77. The fourth-order valence-corrected chi connectivity index (χ4v) is 3.89. The first-order valence-corrected chi connectivity index (χ1v) is 10.4. The molecule has 0 bridgehead atoms. The Morgan fingerprint density at radius 1 is 1.00 bits per heavy atom. The Labute approximate surface area is 180 Å². The van der Waals surface area contributed by atoms with Gasteiger partial charge in [-0.2, -0.15) is 0 Å². The molecule has 0 unspecified atom stereocenters. The van der Waals surface area contributed by atoms with Crippen molar-refractivity contribution in [1.82, 2.24) is 5.32 Å². The molecule has 0 saturated carbocycles. The molecule has 1 aliphatic carbocycles. The van der Waals surface area contributed by atoms with Crippen LogP contribution < -0.4 is 10.6 Å². The van der Waals surface area contributed by atoms with Crippen molar-refractivity contribution >= 4 is 23.3 Å². The highest BCUT2D eigenvalue weighted by molar-refractivity contribution is 6.04. The highest BCUT2D eigenvalue weighted by Crippen LogP contribution is 2.29. The van der Waals surface area contributed by atoms with Crippen LogP contribution in [0.25, 0.3) is 0 Å². The van der Waals surface area contributed by atoms with E-state index >= 15 is 0 Å². The van der Waals surface area contributed by atoms with E-state index in [4.69, 9.17) is 4.42 Å². The van der Waals surface area contributed by atoms with Gasteiger partial charge in [-0.15, -0.1) is 0 Å². The summed E-state index contributed by atoms with van der Waals surface area (Å²) in [5.74, 6) is 0.288. The lowest BCUT2D eigenvalue weighted by Gasteiger charge is -2.15. The average Bonchev–Trinajstić information content (AvgIpc) is 3.12. The molecule has 3 aromatic rings. The van der Waals surface area contributed by atoms with Crippen LogP contribution >= 0.6 is 0 Å². The third-order valence-corrected chi connectivity index (χ3v) is 5.54. The zero-order chi connectivity index (χ0) is 22.0. The molecule has 6 heteroatoms. The Bertz CT molecular complexity index is 1150. The van der Waals surface area contributed by atoms with E-state index in [1.54, 1.807) is 25.1 Å². The lowest BCUT2D eigenvalue weighted by molar-refractivity contribution is 0.0905. The molecule has 31 heavy (non-hydrogen) atoms. The van der Waals surface area contributed by atoms with Crippen LogP contribution in [0, 0.1) is 6.92 Å². The number of fused-ring (bicyclic) bond motifs is 1. The number of carbonyl (C=O) groups is 3. The van der Waals surface area contributed by atoms with Gasteiger partial charge in [-0.05, 0) is 50.1 Å². The van der Waals surface area contributed by atoms with E-state index in [0.717, 1.165) is 12.0 Å². The predicted octanol–water partition coefficient (Wildman–Crippen LogP) is 4.85. The summed E-state index contributed by atoms with van der Waals surface area (Å²) in [4.78, 5) is 37.4. The zero-order valence-corrected chi connectivity index (χ0v) is 17.5. The number of furan rings is 1. The topological polar surface area (TPSA) is 88.4 Å². The van der Waals surface area contributed by atoms with E-state index in [-0.39, 0.29) is 29.4 Å². The smallest absolute Gasteiger partial charge is 0.287 e. The van der Waals surface area contributed by atoms with Crippen LogP contribution in [0.3, 0.4) is 0 Å². The quantitative estimate of drug-likeness (QED) is 0.622. The second kappa shape index (κ2) is 8.60. The third-order valence-electron chi connectivity index (χ3n) is 5.54. The number of aryl methyl sites for hydroxylation is 1. The van der Waals surface area contributed by atoms with Crippen molar-refractivity contribution in [2.24, 2.45) is 0 Å². The van der Waals surface area contributed by atoms with Gasteiger partial charge in [-0.3, -0.25) is 14.4 Å². The lowest BCUT2D eigenvalue weighted by atomic mass is 9.94. The Balaban J connectivity index is 1.47. The minimum Gasteiger partial charge on any atom is -0.455 e. The van der Waals surface area contributed by atoms with Gasteiger partial charge in [0.2, 0.25) is 0 Å². The fourth-order valence-electron chi connectivity index (χ4n) is 3.89. The zero-order valence-electron chi connectivity index (χ0n) is 17.5. The number of amides is 2. The molecule has 2 N–H and O–H groups in total. The summed E-state index contributed by atoms with van der Waals surface area (Å²) in [6, 6.07) is 16.0. The van der Waals surface area contributed by atoms with Gasteiger partial charge in [-0.1, -0.05) is 30.3 Å². The van der Waals surface area contributed by atoms with Crippen LogP contribution in [0.1, 0.15) is 74.0 Å². The van der Waals surface area contributed by atoms with Crippen LogP contribution in [-0.4, -0.2) is 17.6 Å². The summed E-state index contributed by atoms with van der Waals surface area (Å²) in [5, 5.41) is 5.81. The molecule has 0 aliphatic heterocycles. The van der Waals surface area contributed by atoms with Crippen molar-refractivity contribution in [2.45, 2.75) is 39.2 Å². The van der Waals surface area contributed by atoms with Gasteiger partial charge in [-0.25, -0.2) is 0 Å². The average molecular weight is 416 g/mol. The third kappa shape index (κ3) is 4.28. The van der Waals surface area contributed by atoms with Crippen LogP contribution in [0.2, 0.25) is 0 Å². The summed E-state index contributed by atoms with van der Waals surface area (Å²) in [7, 11) is 0. The van der Waals surface area contributed by atoms with Crippen molar-refractivity contribution in [3.05, 3.63) is 88.4 Å².